The van der Waals surface area contributed by atoms with Gasteiger partial charge in [0.25, 0.3) is 5.91 Å². The highest BCUT2D eigenvalue weighted by atomic mass is 32.1. The van der Waals surface area contributed by atoms with Gasteiger partial charge in [-0.1, -0.05) is 41.2 Å². The average Bonchev–Trinajstić information content (AvgIpc) is 3.24. The van der Waals surface area contributed by atoms with Gasteiger partial charge >= 0.3 is 0 Å². The van der Waals surface area contributed by atoms with Crippen molar-refractivity contribution >= 4 is 17.2 Å². The van der Waals surface area contributed by atoms with Crippen molar-refractivity contribution in [1.82, 2.24) is 19.7 Å². The maximum absolute atomic E-state index is 12.9. The number of ether oxygens (including phenoxy) is 1. The number of benzene rings is 1. The van der Waals surface area contributed by atoms with E-state index in [1.54, 1.807) is 0 Å². The summed E-state index contributed by atoms with van der Waals surface area (Å²) in [5.41, 5.74) is 6.56. The summed E-state index contributed by atoms with van der Waals surface area (Å²) in [5.74, 6) is 0.0379. The number of nitrogens with zero attached hydrogens (tertiary/aromatic N) is 4. The zero-order valence-corrected chi connectivity index (χ0v) is 18.2. The van der Waals surface area contributed by atoms with E-state index in [2.05, 4.69) is 43.1 Å². The Bertz CT molecular complexity index is 1030. The van der Waals surface area contributed by atoms with E-state index in [1.807, 2.05) is 23.4 Å². The Hall–Kier alpha value is -2.51. The highest BCUT2D eigenvalue weighted by Crippen LogP contribution is 2.27. The molecule has 3 heterocycles. The van der Waals surface area contributed by atoms with Gasteiger partial charge in [-0.2, -0.15) is 5.10 Å². The van der Waals surface area contributed by atoms with Crippen LogP contribution >= 0.6 is 11.3 Å². The molecule has 3 aromatic rings. The summed E-state index contributed by atoms with van der Waals surface area (Å²) in [5, 5.41) is 5.49. The van der Waals surface area contributed by atoms with Gasteiger partial charge in [0.05, 0.1) is 24.6 Å². The molecule has 29 heavy (non-hydrogen) atoms. The van der Waals surface area contributed by atoms with Crippen molar-refractivity contribution in [1.29, 1.82) is 0 Å². The summed E-state index contributed by atoms with van der Waals surface area (Å²) in [7, 11) is 0. The standard InChI is InChI=1S/C22H26N4O2S/c1-14-5-7-18(8-6-14)13-19-15(2)24-26(17(19)4)22-23-16(3)20(29-22)21(27)25-9-11-28-12-10-25/h5-8H,9-13H2,1-4H3. The fraction of sp³-hybridized carbons (Fsp3) is 0.409. The Kier molecular flexibility index (Phi) is 5.52. The zero-order valence-electron chi connectivity index (χ0n) is 17.4. The summed E-state index contributed by atoms with van der Waals surface area (Å²) >= 11 is 1.42. The lowest BCUT2D eigenvalue weighted by atomic mass is 10.0. The number of carbonyl (C=O) groups excluding carboxylic acids is 1. The van der Waals surface area contributed by atoms with Gasteiger partial charge in [-0.15, -0.1) is 0 Å². The molecule has 0 atom stereocenters. The minimum absolute atomic E-state index is 0.0379. The highest BCUT2D eigenvalue weighted by Gasteiger charge is 2.25. The molecule has 152 valence electrons. The van der Waals surface area contributed by atoms with E-state index >= 15 is 0 Å². The molecule has 1 aromatic carbocycles. The average molecular weight is 411 g/mol. The molecule has 1 aliphatic heterocycles. The van der Waals surface area contributed by atoms with Crippen molar-refractivity contribution in [2.75, 3.05) is 26.3 Å². The first kappa shape index (κ1) is 19.8. The second kappa shape index (κ2) is 8.08. The SMILES string of the molecule is Cc1ccc(Cc2c(C)nn(-c3nc(C)c(C(=O)N4CCOCC4)s3)c2C)cc1. The van der Waals surface area contributed by atoms with Crippen molar-refractivity contribution in [3.8, 4) is 5.13 Å². The maximum atomic E-state index is 12.9. The molecule has 1 fully saturated rings. The number of aromatic nitrogens is 3. The van der Waals surface area contributed by atoms with Gasteiger partial charge in [0.15, 0.2) is 0 Å². The molecular weight excluding hydrogens is 384 g/mol. The quantitative estimate of drug-likeness (QED) is 0.659. The lowest BCUT2D eigenvalue weighted by Gasteiger charge is -2.26. The molecule has 0 unspecified atom stereocenters. The van der Waals surface area contributed by atoms with Crippen LogP contribution in [0.1, 0.15) is 43.4 Å². The molecule has 6 nitrogen and oxygen atoms in total. The highest BCUT2D eigenvalue weighted by molar-refractivity contribution is 7.16. The number of amides is 1. The Labute approximate surface area is 175 Å². The van der Waals surface area contributed by atoms with E-state index in [1.165, 1.54) is 28.0 Å². The van der Waals surface area contributed by atoms with Crippen LogP contribution in [0.15, 0.2) is 24.3 Å². The number of morpholine rings is 1. The second-order valence-corrected chi connectivity index (χ2v) is 8.52. The normalized spacial score (nSPS) is 14.4. The van der Waals surface area contributed by atoms with Crippen molar-refractivity contribution in [2.45, 2.75) is 34.1 Å². The number of rotatable bonds is 4. The number of aryl methyl sites for hydroxylation is 3. The smallest absolute Gasteiger partial charge is 0.266 e. The van der Waals surface area contributed by atoms with E-state index in [9.17, 15) is 4.79 Å². The summed E-state index contributed by atoms with van der Waals surface area (Å²) in [6, 6.07) is 8.60. The van der Waals surface area contributed by atoms with Crippen molar-refractivity contribution in [2.24, 2.45) is 0 Å². The molecule has 0 aliphatic carbocycles. The number of thiazole rings is 1. The third-order valence-electron chi connectivity index (χ3n) is 5.40. The molecule has 1 saturated heterocycles. The summed E-state index contributed by atoms with van der Waals surface area (Å²) in [6.45, 7) is 10.5. The largest absolute Gasteiger partial charge is 0.378 e. The van der Waals surface area contributed by atoms with E-state index in [-0.39, 0.29) is 5.91 Å². The lowest BCUT2D eigenvalue weighted by Crippen LogP contribution is -2.40. The molecular formula is C22H26N4O2S. The number of hydrogen-bond acceptors (Lipinski definition) is 5. The van der Waals surface area contributed by atoms with Gasteiger partial charge in [-0.05, 0) is 33.3 Å². The van der Waals surface area contributed by atoms with Crippen LogP contribution in [0.25, 0.3) is 5.13 Å². The van der Waals surface area contributed by atoms with Gasteiger partial charge in [0, 0.05) is 30.8 Å². The molecule has 2 aromatic heterocycles. The third kappa shape index (κ3) is 3.97. The summed E-state index contributed by atoms with van der Waals surface area (Å²) in [4.78, 5) is 20.1. The third-order valence-corrected chi connectivity index (χ3v) is 6.52. The van der Waals surface area contributed by atoms with E-state index in [0.717, 1.165) is 28.6 Å². The van der Waals surface area contributed by atoms with Crippen LogP contribution in [0, 0.1) is 27.7 Å². The van der Waals surface area contributed by atoms with Gasteiger partial charge in [-0.25, -0.2) is 9.67 Å². The van der Waals surface area contributed by atoms with Crippen LogP contribution < -0.4 is 0 Å². The van der Waals surface area contributed by atoms with E-state index in [0.29, 0.717) is 31.2 Å². The molecule has 0 saturated carbocycles. The Morgan fingerprint density at radius 2 is 1.76 bits per heavy atom. The summed E-state index contributed by atoms with van der Waals surface area (Å²) < 4.78 is 7.24. The fourth-order valence-electron chi connectivity index (χ4n) is 3.61. The number of hydrogen-bond donors (Lipinski definition) is 0. The summed E-state index contributed by atoms with van der Waals surface area (Å²) in [6.07, 6.45) is 0.835. The van der Waals surface area contributed by atoms with Crippen LogP contribution in [0.3, 0.4) is 0 Å². The van der Waals surface area contributed by atoms with E-state index < -0.39 is 0 Å². The molecule has 4 rings (SSSR count). The molecule has 0 radical (unpaired) electrons. The monoisotopic (exact) mass is 410 g/mol. The minimum Gasteiger partial charge on any atom is -0.378 e. The molecule has 0 spiro atoms. The van der Waals surface area contributed by atoms with Gasteiger partial charge in [0.1, 0.15) is 4.88 Å². The first-order valence-electron chi connectivity index (χ1n) is 9.89. The first-order valence-corrected chi connectivity index (χ1v) is 10.7. The van der Waals surface area contributed by atoms with Crippen LogP contribution in [0.5, 0.6) is 0 Å². The van der Waals surface area contributed by atoms with Gasteiger partial charge in [-0.3, -0.25) is 4.79 Å². The van der Waals surface area contributed by atoms with Crippen molar-refractivity contribution < 1.29 is 9.53 Å². The van der Waals surface area contributed by atoms with Crippen LogP contribution in [0.4, 0.5) is 0 Å². The first-order chi connectivity index (χ1) is 13.9. The predicted octanol–water partition coefficient (Wildman–Crippen LogP) is 3.63. The van der Waals surface area contributed by atoms with E-state index in [4.69, 9.17) is 9.84 Å². The lowest BCUT2D eigenvalue weighted by molar-refractivity contribution is 0.0305. The Balaban J connectivity index is 1.62. The van der Waals surface area contributed by atoms with Gasteiger partial charge < -0.3 is 9.64 Å². The van der Waals surface area contributed by atoms with Crippen LogP contribution in [-0.2, 0) is 11.2 Å². The molecule has 1 aliphatic rings. The maximum Gasteiger partial charge on any atom is 0.266 e. The fourth-order valence-corrected chi connectivity index (χ4v) is 4.65. The molecule has 7 heteroatoms. The molecule has 1 amide bonds. The van der Waals surface area contributed by atoms with Crippen LogP contribution in [-0.4, -0.2) is 51.9 Å². The van der Waals surface area contributed by atoms with Gasteiger partial charge in [0.2, 0.25) is 5.13 Å². The van der Waals surface area contributed by atoms with Crippen molar-refractivity contribution in [3.63, 3.8) is 0 Å². The van der Waals surface area contributed by atoms with Crippen molar-refractivity contribution in [3.05, 3.63) is 62.9 Å². The Morgan fingerprint density at radius 1 is 1.07 bits per heavy atom. The zero-order chi connectivity index (χ0) is 20.5. The Morgan fingerprint density at radius 3 is 2.45 bits per heavy atom. The predicted molar refractivity (Wildman–Crippen MR) is 114 cm³/mol. The second-order valence-electron chi connectivity index (χ2n) is 7.54. The number of carbonyl (C=O) groups is 1. The molecule has 0 bridgehead atoms. The topological polar surface area (TPSA) is 60.2 Å². The van der Waals surface area contributed by atoms with Crippen LogP contribution in [0.2, 0.25) is 0 Å². The minimum atomic E-state index is 0.0379. The molecule has 0 N–H and O–H groups in total.